The molecule has 0 radical (unpaired) electrons. The minimum atomic E-state index is -0.117. The molecule has 3 aromatic rings. The molecule has 1 amide bonds. The van der Waals surface area contributed by atoms with E-state index in [1.807, 2.05) is 42.6 Å². The van der Waals surface area contributed by atoms with Crippen LogP contribution in [0.15, 0.2) is 60.0 Å². The lowest BCUT2D eigenvalue weighted by atomic mass is 9.99. The van der Waals surface area contributed by atoms with Gasteiger partial charge in [-0.15, -0.1) is 11.3 Å². The van der Waals surface area contributed by atoms with Crippen LogP contribution in [0.3, 0.4) is 0 Å². The van der Waals surface area contributed by atoms with E-state index in [0.717, 1.165) is 16.7 Å². The van der Waals surface area contributed by atoms with Crippen LogP contribution in [-0.4, -0.2) is 12.5 Å². The fourth-order valence-corrected chi connectivity index (χ4v) is 3.36. The number of carbonyl (C=O) groups is 1. The van der Waals surface area contributed by atoms with E-state index in [9.17, 15) is 4.79 Å². The van der Waals surface area contributed by atoms with Crippen LogP contribution in [0.25, 0.3) is 22.3 Å². The fourth-order valence-electron chi connectivity index (χ4n) is 2.54. The number of nitrogens with two attached hydrogens (primary N) is 1. The first-order valence-electron chi connectivity index (χ1n) is 7.51. The molecule has 0 atom stereocenters. The molecule has 116 valence electrons. The number of anilines is 1. The third-order valence-corrected chi connectivity index (χ3v) is 4.50. The van der Waals surface area contributed by atoms with Crippen LogP contribution in [0.5, 0.6) is 0 Å². The summed E-state index contributed by atoms with van der Waals surface area (Å²) in [5.74, 6) is -0.117. The van der Waals surface area contributed by atoms with E-state index < -0.39 is 0 Å². The Morgan fingerprint density at radius 1 is 1.00 bits per heavy atom. The average Bonchev–Trinajstić information content (AvgIpc) is 2.98. The number of nitrogen functional groups attached to an aromatic ring is 1. The SMILES string of the molecule is CCNC(=O)c1c(-c2ccc(-c3ccccc3)cc2)csc1N. The van der Waals surface area contributed by atoms with Crippen molar-refractivity contribution in [1.29, 1.82) is 0 Å². The van der Waals surface area contributed by atoms with Gasteiger partial charge in [-0.3, -0.25) is 4.79 Å². The molecule has 0 unspecified atom stereocenters. The van der Waals surface area contributed by atoms with Crippen molar-refractivity contribution in [2.45, 2.75) is 6.92 Å². The van der Waals surface area contributed by atoms with E-state index in [2.05, 4.69) is 29.6 Å². The number of thiophene rings is 1. The van der Waals surface area contributed by atoms with E-state index in [1.54, 1.807) is 0 Å². The number of nitrogens with one attached hydrogen (secondary N) is 1. The molecule has 3 rings (SSSR count). The number of amides is 1. The van der Waals surface area contributed by atoms with Crippen molar-refractivity contribution < 1.29 is 4.79 Å². The van der Waals surface area contributed by atoms with Gasteiger partial charge in [0.25, 0.3) is 5.91 Å². The van der Waals surface area contributed by atoms with E-state index in [-0.39, 0.29) is 5.91 Å². The van der Waals surface area contributed by atoms with E-state index >= 15 is 0 Å². The molecule has 3 N–H and O–H groups in total. The molecule has 2 aromatic carbocycles. The van der Waals surface area contributed by atoms with Crippen LogP contribution in [0.1, 0.15) is 17.3 Å². The summed E-state index contributed by atoms with van der Waals surface area (Å²) in [4.78, 5) is 12.2. The molecule has 3 nitrogen and oxygen atoms in total. The molecule has 0 aliphatic rings. The van der Waals surface area contributed by atoms with Gasteiger partial charge in [-0.05, 0) is 23.6 Å². The molecular weight excluding hydrogens is 304 g/mol. The Kier molecular flexibility index (Phi) is 4.44. The maximum Gasteiger partial charge on any atom is 0.254 e. The Bertz CT molecular complexity index is 807. The lowest BCUT2D eigenvalue weighted by Gasteiger charge is -2.07. The maximum absolute atomic E-state index is 12.2. The van der Waals surface area contributed by atoms with Gasteiger partial charge >= 0.3 is 0 Å². The zero-order valence-electron chi connectivity index (χ0n) is 12.9. The number of benzene rings is 2. The zero-order valence-corrected chi connectivity index (χ0v) is 13.7. The highest BCUT2D eigenvalue weighted by Gasteiger charge is 2.18. The third-order valence-electron chi connectivity index (χ3n) is 3.69. The summed E-state index contributed by atoms with van der Waals surface area (Å²) in [6.45, 7) is 2.48. The summed E-state index contributed by atoms with van der Waals surface area (Å²) < 4.78 is 0. The summed E-state index contributed by atoms with van der Waals surface area (Å²) in [7, 11) is 0. The van der Waals surface area contributed by atoms with Gasteiger partial charge in [0.1, 0.15) is 0 Å². The highest BCUT2D eigenvalue weighted by atomic mass is 32.1. The Morgan fingerprint density at radius 3 is 2.26 bits per heavy atom. The second-order valence-corrected chi connectivity index (χ2v) is 6.10. The molecule has 0 fully saturated rings. The van der Waals surface area contributed by atoms with Crippen LogP contribution in [0.2, 0.25) is 0 Å². The van der Waals surface area contributed by atoms with Gasteiger partial charge in [-0.1, -0.05) is 54.6 Å². The van der Waals surface area contributed by atoms with Gasteiger partial charge in [0.05, 0.1) is 10.6 Å². The Labute approximate surface area is 139 Å². The molecule has 23 heavy (non-hydrogen) atoms. The monoisotopic (exact) mass is 322 g/mol. The Hall–Kier alpha value is -2.59. The minimum Gasteiger partial charge on any atom is -0.390 e. The molecule has 1 aromatic heterocycles. The molecule has 0 saturated heterocycles. The van der Waals surface area contributed by atoms with E-state index in [4.69, 9.17) is 5.73 Å². The van der Waals surface area contributed by atoms with Crippen LogP contribution >= 0.6 is 11.3 Å². The number of carbonyl (C=O) groups excluding carboxylic acids is 1. The van der Waals surface area contributed by atoms with Gasteiger partial charge in [-0.25, -0.2) is 0 Å². The smallest absolute Gasteiger partial charge is 0.254 e. The second-order valence-electron chi connectivity index (χ2n) is 5.19. The van der Waals surface area contributed by atoms with Crippen LogP contribution < -0.4 is 11.1 Å². The summed E-state index contributed by atoms with van der Waals surface area (Å²) >= 11 is 1.40. The Balaban J connectivity index is 1.96. The predicted octanol–water partition coefficient (Wildman–Crippen LogP) is 4.41. The molecule has 0 aliphatic heterocycles. The predicted molar refractivity (Wildman–Crippen MR) is 97.6 cm³/mol. The normalized spacial score (nSPS) is 10.5. The number of hydrogen-bond donors (Lipinski definition) is 2. The zero-order chi connectivity index (χ0) is 16.2. The highest BCUT2D eigenvalue weighted by Crippen LogP contribution is 2.34. The first kappa shape index (κ1) is 15.3. The molecule has 0 spiro atoms. The second kappa shape index (κ2) is 6.67. The molecule has 0 saturated carbocycles. The maximum atomic E-state index is 12.2. The number of hydrogen-bond acceptors (Lipinski definition) is 3. The van der Waals surface area contributed by atoms with Crippen molar-refractivity contribution in [2.24, 2.45) is 0 Å². The van der Waals surface area contributed by atoms with Crippen LogP contribution in [0, 0.1) is 0 Å². The molecule has 4 heteroatoms. The van der Waals surface area contributed by atoms with Crippen molar-refractivity contribution in [1.82, 2.24) is 5.32 Å². The largest absolute Gasteiger partial charge is 0.390 e. The van der Waals surface area contributed by atoms with Crippen molar-refractivity contribution in [3.63, 3.8) is 0 Å². The summed E-state index contributed by atoms with van der Waals surface area (Å²) in [5.41, 5.74) is 10.8. The quantitative estimate of drug-likeness (QED) is 0.747. The first-order valence-corrected chi connectivity index (χ1v) is 8.39. The van der Waals surface area contributed by atoms with Crippen LogP contribution in [-0.2, 0) is 0 Å². The van der Waals surface area contributed by atoms with Gasteiger partial charge in [0, 0.05) is 17.5 Å². The minimum absolute atomic E-state index is 0.117. The van der Waals surface area contributed by atoms with Gasteiger partial charge < -0.3 is 11.1 Å². The summed E-state index contributed by atoms with van der Waals surface area (Å²) in [6.07, 6.45) is 0. The molecule has 1 heterocycles. The fraction of sp³-hybridized carbons (Fsp3) is 0.105. The van der Waals surface area contributed by atoms with Crippen molar-refractivity contribution >= 4 is 22.2 Å². The van der Waals surface area contributed by atoms with Gasteiger partial charge in [0.15, 0.2) is 0 Å². The number of rotatable bonds is 4. The molecular formula is C19H18N2OS. The highest BCUT2D eigenvalue weighted by molar-refractivity contribution is 7.15. The van der Waals surface area contributed by atoms with Crippen LogP contribution in [0.4, 0.5) is 5.00 Å². The lowest BCUT2D eigenvalue weighted by molar-refractivity contribution is 0.0957. The average molecular weight is 322 g/mol. The third kappa shape index (κ3) is 3.12. The lowest BCUT2D eigenvalue weighted by Crippen LogP contribution is -2.23. The topological polar surface area (TPSA) is 55.1 Å². The standard InChI is InChI=1S/C19H18N2OS/c1-2-21-19(22)17-16(12-23-18(17)20)15-10-8-14(9-11-15)13-6-4-3-5-7-13/h3-12H,2,20H2,1H3,(H,21,22). The van der Waals surface area contributed by atoms with E-state index in [1.165, 1.54) is 16.9 Å². The first-order chi connectivity index (χ1) is 11.2. The molecule has 0 aliphatic carbocycles. The van der Waals surface area contributed by atoms with Crippen molar-refractivity contribution in [3.8, 4) is 22.3 Å². The van der Waals surface area contributed by atoms with Crippen molar-refractivity contribution in [2.75, 3.05) is 12.3 Å². The Morgan fingerprint density at radius 2 is 1.61 bits per heavy atom. The molecule has 0 bridgehead atoms. The summed E-state index contributed by atoms with van der Waals surface area (Å²) in [6, 6.07) is 18.4. The summed E-state index contributed by atoms with van der Waals surface area (Å²) in [5, 5.41) is 5.32. The van der Waals surface area contributed by atoms with Crippen molar-refractivity contribution in [3.05, 3.63) is 65.5 Å². The van der Waals surface area contributed by atoms with E-state index in [0.29, 0.717) is 17.1 Å². The van der Waals surface area contributed by atoms with Gasteiger partial charge in [0.2, 0.25) is 0 Å². The van der Waals surface area contributed by atoms with Gasteiger partial charge in [-0.2, -0.15) is 0 Å².